The van der Waals surface area contributed by atoms with Gasteiger partial charge in [-0.25, -0.2) is 15.0 Å². The summed E-state index contributed by atoms with van der Waals surface area (Å²) in [7, 11) is 4.11. The van der Waals surface area contributed by atoms with Crippen LogP contribution in [-0.4, -0.2) is 39.2 Å². The van der Waals surface area contributed by atoms with Gasteiger partial charge in [-0.15, -0.1) is 24.8 Å². The molecule has 0 bridgehead atoms. The summed E-state index contributed by atoms with van der Waals surface area (Å²) < 4.78 is 2.07. The van der Waals surface area contributed by atoms with Crippen molar-refractivity contribution in [1.82, 2.24) is 19.5 Å². The second-order valence-corrected chi connectivity index (χ2v) is 6.21. The lowest BCUT2D eigenvalue weighted by molar-refractivity contribution is 0.345. The fraction of sp³-hybridized carbons (Fsp3) is 0.562. The highest BCUT2D eigenvalue weighted by atomic mass is 35.5. The van der Waals surface area contributed by atoms with E-state index in [2.05, 4.69) is 37.5 Å². The molecule has 0 radical (unpaired) electrons. The number of rotatable bonds is 6. The zero-order valence-corrected chi connectivity index (χ0v) is 15.8. The van der Waals surface area contributed by atoms with Crippen molar-refractivity contribution in [2.24, 2.45) is 12.8 Å². The molecule has 1 aliphatic carbocycles. The Morgan fingerprint density at radius 3 is 2.62 bits per heavy atom. The van der Waals surface area contributed by atoms with Gasteiger partial charge in [-0.3, -0.25) is 0 Å². The molecule has 24 heavy (non-hydrogen) atoms. The van der Waals surface area contributed by atoms with Gasteiger partial charge in [-0.05, 0) is 19.3 Å². The fourth-order valence-electron chi connectivity index (χ4n) is 2.92. The smallest absolute Gasteiger partial charge is 0.131 e. The molecule has 0 spiro atoms. The third-order valence-corrected chi connectivity index (χ3v) is 4.47. The Bertz CT molecular complexity index is 627. The van der Waals surface area contributed by atoms with Crippen molar-refractivity contribution in [1.29, 1.82) is 0 Å². The van der Waals surface area contributed by atoms with E-state index in [0.717, 1.165) is 49.6 Å². The topological polar surface area (TPSA) is 72.9 Å². The fourth-order valence-corrected chi connectivity index (χ4v) is 2.92. The van der Waals surface area contributed by atoms with Gasteiger partial charge in [0.25, 0.3) is 0 Å². The van der Waals surface area contributed by atoms with E-state index in [0.29, 0.717) is 12.0 Å². The lowest BCUT2D eigenvalue weighted by Crippen LogP contribution is -2.35. The van der Waals surface area contributed by atoms with Crippen molar-refractivity contribution in [3.63, 3.8) is 0 Å². The quantitative estimate of drug-likeness (QED) is 0.841. The van der Waals surface area contributed by atoms with Gasteiger partial charge in [-0.2, -0.15) is 0 Å². The molecule has 1 aliphatic rings. The summed E-state index contributed by atoms with van der Waals surface area (Å²) in [5.74, 6) is 2.63. The van der Waals surface area contributed by atoms with E-state index in [1.54, 1.807) is 6.33 Å². The number of anilines is 1. The largest absolute Gasteiger partial charge is 0.360 e. The summed E-state index contributed by atoms with van der Waals surface area (Å²) in [5, 5.41) is 0. The molecule has 8 heteroatoms. The van der Waals surface area contributed by atoms with Crippen molar-refractivity contribution < 1.29 is 0 Å². The summed E-state index contributed by atoms with van der Waals surface area (Å²) in [5.41, 5.74) is 6.99. The van der Waals surface area contributed by atoms with Gasteiger partial charge in [-0.1, -0.05) is 0 Å². The van der Waals surface area contributed by atoms with Crippen LogP contribution in [0.1, 0.15) is 36.7 Å². The Labute approximate surface area is 155 Å². The highest BCUT2D eigenvalue weighted by Gasteiger charge is 2.28. The molecule has 2 heterocycles. The van der Waals surface area contributed by atoms with Crippen molar-refractivity contribution in [3.05, 3.63) is 36.3 Å². The van der Waals surface area contributed by atoms with Gasteiger partial charge < -0.3 is 15.2 Å². The van der Waals surface area contributed by atoms with E-state index in [1.807, 2.05) is 19.4 Å². The van der Waals surface area contributed by atoms with Gasteiger partial charge in [0.05, 0.1) is 0 Å². The third-order valence-electron chi connectivity index (χ3n) is 4.47. The minimum atomic E-state index is 0. The first-order valence-corrected chi connectivity index (χ1v) is 7.88. The first-order valence-electron chi connectivity index (χ1n) is 7.88. The Hall–Kier alpha value is -1.37. The standard InChI is InChI=1S/C16H24N6.2ClH/c1-21(6-3-4-15-18-5-7-22(15)2)16-10-14(19-11-20-16)12-8-13(17)9-12;;/h5,7,10-13H,3-4,6,8-9,17H2,1-2H3;2*1H. The normalized spacial score (nSPS) is 19.0. The van der Waals surface area contributed by atoms with Crippen LogP contribution >= 0.6 is 24.8 Å². The predicted octanol–water partition coefficient (Wildman–Crippen LogP) is 2.33. The number of halogens is 2. The monoisotopic (exact) mass is 372 g/mol. The maximum atomic E-state index is 5.87. The first kappa shape index (κ1) is 20.7. The van der Waals surface area contributed by atoms with E-state index >= 15 is 0 Å². The highest BCUT2D eigenvalue weighted by molar-refractivity contribution is 5.85. The highest BCUT2D eigenvalue weighted by Crippen LogP contribution is 2.35. The lowest BCUT2D eigenvalue weighted by atomic mass is 9.78. The van der Waals surface area contributed by atoms with E-state index in [-0.39, 0.29) is 24.8 Å². The van der Waals surface area contributed by atoms with Crippen molar-refractivity contribution in [2.45, 2.75) is 37.6 Å². The van der Waals surface area contributed by atoms with E-state index in [9.17, 15) is 0 Å². The molecule has 0 unspecified atom stereocenters. The molecule has 1 fully saturated rings. The van der Waals surface area contributed by atoms with Crippen molar-refractivity contribution in [3.8, 4) is 0 Å². The molecule has 0 amide bonds. The molecule has 2 aromatic rings. The van der Waals surface area contributed by atoms with Crippen LogP contribution in [0.2, 0.25) is 0 Å². The second kappa shape index (κ2) is 9.20. The van der Waals surface area contributed by atoms with E-state index in [4.69, 9.17) is 5.73 Å². The van der Waals surface area contributed by atoms with Crippen LogP contribution in [0, 0.1) is 0 Å². The molecule has 134 valence electrons. The van der Waals surface area contributed by atoms with Crippen LogP contribution < -0.4 is 10.6 Å². The summed E-state index contributed by atoms with van der Waals surface area (Å²) in [6.45, 7) is 0.952. The maximum Gasteiger partial charge on any atom is 0.131 e. The number of hydrogen-bond donors (Lipinski definition) is 1. The number of hydrogen-bond acceptors (Lipinski definition) is 5. The zero-order chi connectivity index (χ0) is 15.5. The van der Waals surface area contributed by atoms with Crippen LogP contribution in [0.25, 0.3) is 0 Å². The molecule has 0 atom stereocenters. The van der Waals surface area contributed by atoms with Gasteiger partial charge in [0, 0.05) is 63.2 Å². The van der Waals surface area contributed by atoms with Crippen LogP contribution in [0.5, 0.6) is 0 Å². The Morgan fingerprint density at radius 2 is 2.00 bits per heavy atom. The van der Waals surface area contributed by atoms with E-state index in [1.165, 1.54) is 0 Å². The maximum absolute atomic E-state index is 5.87. The average molecular weight is 373 g/mol. The second-order valence-electron chi connectivity index (χ2n) is 6.21. The molecule has 2 N–H and O–H groups in total. The van der Waals surface area contributed by atoms with Gasteiger partial charge in [0.1, 0.15) is 18.0 Å². The summed E-state index contributed by atoms with van der Waals surface area (Å²) >= 11 is 0. The zero-order valence-electron chi connectivity index (χ0n) is 14.1. The molecule has 2 aromatic heterocycles. The summed E-state index contributed by atoms with van der Waals surface area (Å²) in [4.78, 5) is 15.3. The minimum Gasteiger partial charge on any atom is -0.360 e. The van der Waals surface area contributed by atoms with Gasteiger partial charge in [0.15, 0.2) is 0 Å². The lowest BCUT2D eigenvalue weighted by Gasteiger charge is -2.32. The van der Waals surface area contributed by atoms with Crippen LogP contribution in [0.3, 0.4) is 0 Å². The SMILES string of the molecule is CN(CCCc1nccn1C)c1cc(C2CC(N)C2)ncn1.Cl.Cl. The first-order chi connectivity index (χ1) is 10.6. The van der Waals surface area contributed by atoms with Crippen LogP contribution in [0.4, 0.5) is 5.82 Å². The minimum absolute atomic E-state index is 0. The molecule has 6 nitrogen and oxygen atoms in total. The number of nitrogens with two attached hydrogens (primary N) is 1. The Kier molecular flexibility index (Phi) is 7.93. The van der Waals surface area contributed by atoms with Gasteiger partial charge in [0.2, 0.25) is 0 Å². The molecule has 3 rings (SSSR count). The Morgan fingerprint density at radius 1 is 1.25 bits per heavy atom. The van der Waals surface area contributed by atoms with Crippen LogP contribution in [-0.2, 0) is 13.5 Å². The molecular formula is C16H26Cl2N6. The van der Waals surface area contributed by atoms with Crippen LogP contribution in [0.15, 0.2) is 24.8 Å². The molecule has 0 aromatic carbocycles. The number of imidazole rings is 1. The third kappa shape index (κ3) is 4.82. The number of aryl methyl sites for hydroxylation is 2. The summed E-state index contributed by atoms with van der Waals surface area (Å²) in [6.07, 6.45) is 9.61. The molecule has 0 aliphatic heterocycles. The number of nitrogens with zero attached hydrogens (tertiary/aromatic N) is 5. The predicted molar refractivity (Wildman–Crippen MR) is 101 cm³/mol. The average Bonchev–Trinajstić information content (AvgIpc) is 2.89. The van der Waals surface area contributed by atoms with Gasteiger partial charge >= 0.3 is 0 Å². The number of aromatic nitrogens is 4. The summed E-state index contributed by atoms with van der Waals surface area (Å²) in [6, 6.07) is 2.45. The Balaban J connectivity index is 0.00000144. The van der Waals surface area contributed by atoms with Crippen molar-refractivity contribution in [2.75, 3.05) is 18.5 Å². The molecule has 0 saturated heterocycles. The molecular weight excluding hydrogens is 347 g/mol. The molecule has 1 saturated carbocycles. The van der Waals surface area contributed by atoms with Crippen molar-refractivity contribution >= 4 is 30.6 Å². The van der Waals surface area contributed by atoms with E-state index < -0.39 is 0 Å².